The fraction of sp³-hybridized carbons (Fsp3) is 0.682. The van der Waals surface area contributed by atoms with Gasteiger partial charge in [0.1, 0.15) is 0 Å². The number of aliphatic imine (C=N–C) groups is 1. The molecule has 164 valence electrons. The Labute approximate surface area is 192 Å². The van der Waals surface area contributed by atoms with Crippen molar-refractivity contribution < 1.29 is 9.84 Å². The van der Waals surface area contributed by atoms with Crippen molar-refractivity contribution in [2.45, 2.75) is 57.7 Å². The highest BCUT2D eigenvalue weighted by Gasteiger charge is 2.29. The summed E-state index contributed by atoms with van der Waals surface area (Å²) in [4.78, 5) is 7.23. The molecule has 7 heteroatoms. The van der Waals surface area contributed by atoms with E-state index in [-0.39, 0.29) is 24.0 Å². The summed E-state index contributed by atoms with van der Waals surface area (Å²) in [5, 5.41) is 17.2. The van der Waals surface area contributed by atoms with Gasteiger partial charge in [-0.25, -0.2) is 4.99 Å². The van der Waals surface area contributed by atoms with Crippen molar-refractivity contribution in [3.8, 4) is 0 Å². The van der Waals surface area contributed by atoms with Crippen molar-refractivity contribution in [3.05, 3.63) is 35.4 Å². The Morgan fingerprint density at radius 3 is 2.38 bits per heavy atom. The third-order valence-electron chi connectivity index (χ3n) is 5.65. The average Bonchev–Trinajstić information content (AvgIpc) is 2.72. The number of rotatable bonds is 7. The molecule has 0 saturated carbocycles. The quantitative estimate of drug-likeness (QED) is 0.296. The maximum atomic E-state index is 10.6. The fourth-order valence-electron chi connectivity index (χ4n) is 3.81. The molecule has 1 aromatic rings. The van der Waals surface area contributed by atoms with Crippen LogP contribution >= 0.6 is 24.0 Å². The molecule has 2 fully saturated rings. The highest BCUT2D eigenvalue weighted by Crippen LogP contribution is 2.19. The summed E-state index contributed by atoms with van der Waals surface area (Å²) in [6.45, 7) is 8.71. The van der Waals surface area contributed by atoms with Crippen LogP contribution in [-0.4, -0.2) is 61.0 Å². The van der Waals surface area contributed by atoms with Crippen LogP contribution in [0.25, 0.3) is 0 Å². The number of benzene rings is 1. The summed E-state index contributed by atoms with van der Waals surface area (Å²) in [6, 6.07) is 8.81. The molecule has 0 unspecified atom stereocenters. The van der Waals surface area contributed by atoms with Crippen molar-refractivity contribution in [2.24, 2.45) is 4.99 Å². The molecule has 0 aliphatic carbocycles. The number of hydrogen-bond acceptors (Lipinski definition) is 4. The highest BCUT2D eigenvalue weighted by atomic mass is 127. The standard InChI is InChI=1S/C22H36N4O2.HI/c1-2-23-21(25-18-22(27)10-14-28-15-11-22)24-16-19-6-8-20(9-7-19)17-26-12-4-3-5-13-26;/h6-9,27H,2-5,10-18H2,1H3,(H2,23,24,25);1H. The number of piperidine rings is 1. The predicted molar refractivity (Wildman–Crippen MR) is 129 cm³/mol. The van der Waals surface area contributed by atoms with E-state index in [4.69, 9.17) is 4.74 Å². The van der Waals surface area contributed by atoms with Crippen LogP contribution in [0.4, 0.5) is 0 Å². The summed E-state index contributed by atoms with van der Waals surface area (Å²) in [5.41, 5.74) is 1.87. The van der Waals surface area contributed by atoms with Crippen LogP contribution in [0.1, 0.15) is 50.2 Å². The Hall–Kier alpha value is -0.900. The molecule has 1 aromatic carbocycles. The number of likely N-dealkylation sites (tertiary alicyclic amines) is 1. The summed E-state index contributed by atoms with van der Waals surface area (Å²) < 4.78 is 5.35. The third-order valence-corrected chi connectivity index (χ3v) is 5.65. The molecule has 0 radical (unpaired) electrons. The molecule has 2 aliphatic heterocycles. The van der Waals surface area contributed by atoms with Crippen molar-refractivity contribution in [1.29, 1.82) is 0 Å². The lowest BCUT2D eigenvalue weighted by atomic mass is 9.94. The maximum absolute atomic E-state index is 10.6. The second-order valence-electron chi connectivity index (χ2n) is 8.04. The molecule has 3 rings (SSSR count). The van der Waals surface area contributed by atoms with Gasteiger partial charge in [0, 0.05) is 45.7 Å². The lowest BCUT2D eigenvalue weighted by Crippen LogP contribution is -2.49. The van der Waals surface area contributed by atoms with Crippen LogP contribution in [0.3, 0.4) is 0 Å². The predicted octanol–water partition coefficient (Wildman–Crippen LogP) is 2.89. The molecule has 2 heterocycles. The van der Waals surface area contributed by atoms with Gasteiger partial charge in [0.2, 0.25) is 0 Å². The molecule has 2 aliphatic rings. The number of guanidine groups is 1. The maximum Gasteiger partial charge on any atom is 0.191 e. The van der Waals surface area contributed by atoms with E-state index in [1.54, 1.807) is 0 Å². The van der Waals surface area contributed by atoms with E-state index in [0.717, 1.165) is 19.0 Å². The highest BCUT2D eigenvalue weighted by molar-refractivity contribution is 14.0. The van der Waals surface area contributed by atoms with Crippen LogP contribution in [0, 0.1) is 0 Å². The lowest BCUT2D eigenvalue weighted by molar-refractivity contribution is -0.0594. The van der Waals surface area contributed by atoms with E-state index in [2.05, 4.69) is 51.7 Å². The van der Waals surface area contributed by atoms with Gasteiger partial charge >= 0.3 is 0 Å². The smallest absolute Gasteiger partial charge is 0.191 e. The molecule has 0 spiro atoms. The molecular formula is C22H37IN4O2. The van der Waals surface area contributed by atoms with Gasteiger partial charge in [-0.3, -0.25) is 4.90 Å². The molecular weight excluding hydrogens is 479 g/mol. The minimum absolute atomic E-state index is 0. The summed E-state index contributed by atoms with van der Waals surface area (Å²) in [6.07, 6.45) is 5.36. The van der Waals surface area contributed by atoms with Crippen LogP contribution < -0.4 is 10.6 Å². The Morgan fingerprint density at radius 1 is 1.07 bits per heavy atom. The Kier molecular flexibility index (Phi) is 10.7. The van der Waals surface area contributed by atoms with Crippen molar-refractivity contribution in [3.63, 3.8) is 0 Å². The normalized spacial score (nSPS) is 20.0. The third kappa shape index (κ3) is 8.39. The van der Waals surface area contributed by atoms with E-state index in [1.165, 1.54) is 43.5 Å². The van der Waals surface area contributed by atoms with E-state index in [9.17, 15) is 5.11 Å². The Morgan fingerprint density at radius 2 is 1.72 bits per heavy atom. The first-order valence-corrected chi connectivity index (χ1v) is 10.8. The SMILES string of the molecule is CCNC(=NCc1ccc(CN2CCCCC2)cc1)NCC1(O)CCOCC1.I. The first-order chi connectivity index (χ1) is 13.7. The van der Waals surface area contributed by atoms with Crippen molar-refractivity contribution in [1.82, 2.24) is 15.5 Å². The van der Waals surface area contributed by atoms with Crippen LogP contribution in [0.2, 0.25) is 0 Å². The lowest BCUT2D eigenvalue weighted by Gasteiger charge is -2.32. The number of hydrogen-bond donors (Lipinski definition) is 3. The van der Waals surface area contributed by atoms with Crippen LogP contribution in [0.5, 0.6) is 0 Å². The molecule has 6 nitrogen and oxygen atoms in total. The van der Waals surface area contributed by atoms with E-state index < -0.39 is 5.60 Å². The Balaban J connectivity index is 0.00000300. The molecule has 0 atom stereocenters. The summed E-state index contributed by atoms with van der Waals surface area (Å²) in [5.74, 6) is 0.750. The zero-order chi connectivity index (χ0) is 19.7. The molecule has 0 bridgehead atoms. The van der Waals surface area contributed by atoms with Crippen molar-refractivity contribution >= 4 is 29.9 Å². The number of aliphatic hydroxyl groups is 1. The zero-order valence-corrected chi connectivity index (χ0v) is 20.0. The van der Waals surface area contributed by atoms with Gasteiger partial charge in [-0.2, -0.15) is 0 Å². The first-order valence-electron chi connectivity index (χ1n) is 10.8. The van der Waals surface area contributed by atoms with E-state index in [1.807, 2.05) is 0 Å². The monoisotopic (exact) mass is 516 g/mol. The largest absolute Gasteiger partial charge is 0.388 e. The number of ether oxygens (including phenoxy) is 1. The molecule has 3 N–H and O–H groups in total. The van der Waals surface area contributed by atoms with Gasteiger partial charge in [0.15, 0.2) is 5.96 Å². The van der Waals surface area contributed by atoms with Gasteiger partial charge < -0.3 is 20.5 Å². The van der Waals surface area contributed by atoms with Crippen LogP contribution in [0.15, 0.2) is 29.3 Å². The number of nitrogens with one attached hydrogen (secondary N) is 2. The number of halogens is 1. The fourth-order valence-corrected chi connectivity index (χ4v) is 3.81. The van der Waals surface area contributed by atoms with Crippen LogP contribution in [-0.2, 0) is 17.8 Å². The average molecular weight is 516 g/mol. The zero-order valence-electron chi connectivity index (χ0n) is 17.7. The summed E-state index contributed by atoms with van der Waals surface area (Å²) in [7, 11) is 0. The van der Waals surface area contributed by atoms with Crippen molar-refractivity contribution in [2.75, 3.05) is 39.4 Å². The van der Waals surface area contributed by atoms with Gasteiger partial charge in [0.05, 0.1) is 12.1 Å². The topological polar surface area (TPSA) is 69.1 Å². The minimum atomic E-state index is -0.704. The van der Waals surface area contributed by atoms with Gasteiger partial charge in [0.25, 0.3) is 0 Å². The first kappa shape index (κ1) is 24.4. The summed E-state index contributed by atoms with van der Waals surface area (Å²) >= 11 is 0. The molecule has 29 heavy (non-hydrogen) atoms. The van der Waals surface area contributed by atoms with E-state index >= 15 is 0 Å². The second-order valence-corrected chi connectivity index (χ2v) is 8.04. The molecule has 0 aromatic heterocycles. The van der Waals surface area contributed by atoms with Gasteiger partial charge in [-0.1, -0.05) is 30.7 Å². The number of nitrogens with zero attached hydrogens (tertiary/aromatic N) is 2. The Bertz CT molecular complexity index is 612. The van der Waals surface area contributed by atoms with Gasteiger partial charge in [-0.05, 0) is 44.0 Å². The molecule has 2 saturated heterocycles. The second kappa shape index (κ2) is 12.7. The van der Waals surface area contributed by atoms with Gasteiger partial charge in [-0.15, -0.1) is 24.0 Å². The van der Waals surface area contributed by atoms with E-state index in [0.29, 0.717) is 39.1 Å². The molecule has 0 amide bonds. The minimum Gasteiger partial charge on any atom is -0.388 e.